The van der Waals surface area contributed by atoms with E-state index in [1.165, 1.54) is 5.56 Å². The predicted molar refractivity (Wildman–Crippen MR) is 123 cm³/mol. The van der Waals surface area contributed by atoms with Crippen molar-refractivity contribution in [1.82, 2.24) is 4.72 Å². The molecule has 0 aromatic heterocycles. The lowest BCUT2D eigenvalue weighted by Crippen LogP contribution is -2.35. The summed E-state index contributed by atoms with van der Waals surface area (Å²) < 4.78 is 86.3. The third kappa shape index (κ3) is 7.40. The molecule has 1 atom stereocenters. The van der Waals surface area contributed by atoms with Gasteiger partial charge in [-0.25, -0.2) is 22.0 Å². The van der Waals surface area contributed by atoms with Crippen LogP contribution in [0.5, 0.6) is 0 Å². The monoisotopic (exact) mass is 537 g/mol. The first-order valence-electron chi connectivity index (χ1n) is 10.3. The summed E-state index contributed by atoms with van der Waals surface area (Å²) in [7, 11) is -8.83. The number of carbonyl (C=O) groups is 1. The van der Waals surface area contributed by atoms with Crippen molar-refractivity contribution in [3.63, 3.8) is 0 Å². The maximum atomic E-state index is 12.8. The third-order valence-electron chi connectivity index (χ3n) is 5.02. The van der Waals surface area contributed by atoms with Gasteiger partial charge in [0, 0.05) is 0 Å². The number of primary sulfonamides is 1. The number of fused-ring (bicyclic) bond motifs is 1. The van der Waals surface area contributed by atoms with Crippen molar-refractivity contribution in [1.29, 1.82) is 0 Å². The zero-order valence-corrected chi connectivity index (χ0v) is 20.7. The Labute approximate surface area is 201 Å². The van der Waals surface area contributed by atoms with Gasteiger partial charge in [-0.3, -0.25) is 4.79 Å². The van der Waals surface area contributed by atoms with Crippen LogP contribution in [-0.2, 0) is 37.4 Å². The highest BCUT2D eigenvalue weighted by Gasteiger charge is 2.39. The zero-order chi connectivity index (χ0) is 26.8. The van der Waals surface area contributed by atoms with Gasteiger partial charge in [-0.15, -0.1) is 0 Å². The molecule has 0 spiro atoms. The highest BCUT2D eigenvalue weighted by molar-refractivity contribution is 7.90. The van der Waals surface area contributed by atoms with E-state index in [0.717, 1.165) is 12.0 Å². The van der Waals surface area contributed by atoms with Crippen LogP contribution in [0.25, 0.3) is 0 Å². The Balaban J connectivity index is 0.000000258. The molecule has 1 aliphatic rings. The Morgan fingerprint density at radius 2 is 1.71 bits per heavy atom. The van der Waals surface area contributed by atoms with Crippen molar-refractivity contribution in [2.45, 2.75) is 49.1 Å². The number of aliphatic carboxylic acids is 1. The summed E-state index contributed by atoms with van der Waals surface area (Å²) >= 11 is 0. The van der Waals surface area contributed by atoms with Crippen molar-refractivity contribution in [2.75, 3.05) is 12.0 Å². The summed E-state index contributed by atoms with van der Waals surface area (Å²) in [6.07, 6.45) is -3.95. The molecule has 2 aromatic rings. The summed E-state index contributed by atoms with van der Waals surface area (Å²) in [5.74, 6) is -0.558. The van der Waals surface area contributed by atoms with E-state index < -0.39 is 53.5 Å². The first kappa shape index (κ1) is 28.6. The van der Waals surface area contributed by atoms with E-state index in [2.05, 4.69) is 19.2 Å². The SMILES string of the molecule is CC(C)Cc1ccc(C(C)C(=O)O)cc1.NS(=O)(=O)c1cc2c(cc1C(F)(F)F)NCNS2(=O)=O. The number of carboxylic acid groups (broad SMARTS) is 1. The summed E-state index contributed by atoms with van der Waals surface area (Å²) in [4.78, 5) is 8.86. The van der Waals surface area contributed by atoms with Crippen LogP contribution in [0.15, 0.2) is 46.2 Å². The molecule has 1 heterocycles. The first-order valence-corrected chi connectivity index (χ1v) is 13.3. The molecule has 35 heavy (non-hydrogen) atoms. The standard InChI is InChI=1S/C13H18O2.C8H8F3N3O4S2/c1-9(2)8-11-4-6-12(7-5-11)10(3)13(14)15;9-8(10,11)4-1-5-7(2-6(4)19(12,15)16)20(17,18)14-3-13-5/h4-7,9-10H,8H2,1-3H3,(H,14,15);1-2,13-14H,3H2,(H2,12,15,16). The normalized spacial score (nSPS) is 15.9. The molecule has 1 unspecified atom stereocenters. The molecule has 0 fully saturated rings. The molecule has 2 aromatic carbocycles. The molecule has 0 saturated carbocycles. The van der Waals surface area contributed by atoms with Crippen LogP contribution in [-0.4, -0.2) is 34.6 Å². The number of rotatable bonds is 5. The van der Waals surface area contributed by atoms with Gasteiger partial charge < -0.3 is 10.4 Å². The molecule has 5 N–H and O–H groups in total. The van der Waals surface area contributed by atoms with Crippen molar-refractivity contribution in [3.05, 3.63) is 53.1 Å². The van der Waals surface area contributed by atoms with E-state index in [4.69, 9.17) is 10.2 Å². The predicted octanol–water partition coefficient (Wildman–Crippen LogP) is 3.09. The minimum atomic E-state index is -4.99. The van der Waals surface area contributed by atoms with E-state index in [1.807, 2.05) is 29.0 Å². The van der Waals surface area contributed by atoms with Crippen LogP contribution in [0, 0.1) is 5.92 Å². The van der Waals surface area contributed by atoms with Gasteiger partial charge in [-0.2, -0.15) is 17.9 Å². The average Bonchev–Trinajstić information content (AvgIpc) is 2.71. The molecule has 0 aliphatic carbocycles. The molecular weight excluding hydrogens is 511 g/mol. The van der Waals surface area contributed by atoms with Crippen molar-refractivity contribution in [3.8, 4) is 0 Å². The minimum absolute atomic E-state index is 0.304. The maximum Gasteiger partial charge on any atom is 0.417 e. The highest BCUT2D eigenvalue weighted by Crippen LogP contribution is 2.38. The van der Waals surface area contributed by atoms with Gasteiger partial charge >= 0.3 is 12.1 Å². The molecular formula is C21H26F3N3O6S2. The Kier molecular flexibility index (Phi) is 8.58. The summed E-state index contributed by atoms with van der Waals surface area (Å²) in [6.45, 7) is 5.75. The van der Waals surface area contributed by atoms with Gasteiger partial charge in [0.05, 0.1) is 28.7 Å². The van der Waals surface area contributed by atoms with Crippen LogP contribution < -0.4 is 15.2 Å². The number of anilines is 1. The maximum absolute atomic E-state index is 12.8. The number of hydrogen-bond acceptors (Lipinski definition) is 6. The van der Waals surface area contributed by atoms with Crippen molar-refractivity contribution >= 4 is 31.7 Å². The smallest absolute Gasteiger partial charge is 0.417 e. The van der Waals surface area contributed by atoms with Crippen molar-refractivity contribution in [2.24, 2.45) is 11.1 Å². The first-order chi connectivity index (χ1) is 15.9. The lowest BCUT2D eigenvalue weighted by atomic mass is 9.97. The molecule has 1 aliphatic heterocycles. The quantitative estimate of drug-likeness (QED) is 0.457. The molecule has 194 valence electrons. The fourth-order valence-electron chi connectivity index (χ4n) is 3.24. The summed E-state index contributed by atoms with van der Waals surface area (Å²) in [5, 5.41) is 15.9. The highest BCUT2D eigenvalue weighted by atomic mass is 32.2. The van der Waals surface area contributed by atoms with E-state index in [-0.39, 0.29) is 12.4 Å². The number of nitrogens with one attached hydrogen (secondary N) is 2. The van der Waals surface area contributed by atoms with E-state index >= 15 is 0 Å². The van der Waals surface area contributed by atoms with E-state index in [0.29, 0.717) is 18.1 Å². The number of benzene rings is 2. The van der Waals surface area contributed by atoms with Gasteiger partial charge in [0.2, 0.25) is 20.0 Å². The number of sulfonamides is 2. The third-order valence-corrected chi connectivity index (χ3v) is 7.41. The van der Waals surface area contributed by atoms with Crippen LogP contribution in [0.1, 0.15) is 43.4 Å². The van der Waals surface area contributed by atoms with Crippen LogP contribution in [0.2, 0.25) is 0 Å². The number of carboxylic acids is 1. The van der Waals surface area contributed by atoms with Crippen molar-refractivity contribution < 1.29 is 39.9 Å². The molecule has 0 saturated heterocycles. The Morgan fingerprint density at radius 1 is 1.14 bits per heavy atom. The number of halogens is 3. The van der Waals surface area contributed by atoms with Crippen LogP contribution in [0.4, 0.5) is 18.9 Å². The Bertz CT molecular complexity index is 1290. The van der Waals surface area contributed by atoms with Gasteiger partial charge in [0.1, 0.15) is 4.90 Å². The Hall–Kier alpha value is -2.68. The van der Waals surface area contributed by atoms with Gasteiger partial charge in [-0.05, 0) is 42.5 Å². The molecule has 0 amide bonds. The lowest BCUT2D eigenvalue weighted by molar-refractivity contribution is -0.140. The topological polar surface area (TPSA) is 156 Å². The van der Waals surface area contributed by atoms with Crippen LogP contribution >= 0.6 is 0 Å². The minimum Gasteiger partial charge on any atom is -0.481 e. The molecule has 0 bridgehead atoms. The molecule has 0 radical (unpaired) electrons. The fraction of sp³-hybridized carbons (Fsp3) is 0.381. The second-order valence-electron chi connectivity index (χ2n) is 8.29. The number of nitrogens with two attached hydrogens (primary N) is 1. The van der Waals surface area contributed by atoms with E-state index in [9.17, 15) is 34.8 Å². The zero-order valence-electron chi connectivity index (χ0n) is 19.0. The average molecular weight is 538 g/mol. The van der Waals surface area contributed by atoms with E-state index in [1.54, 1.807) is 6.92 Å². The second-order valence-corrected chi connectivity index (χ2v) is 11.6. The number of alkyl halides is 3. The summed E-state index contributed by atoms with van der Waals surface area (Å²) in [5.41, 5.74) is 0.271. The van der Waals surface area contributed by atoms with Crippen LogP contribution in [0.3, 0.4) is 0 Å². The largest absolute Gasteiger partial charge is 0.481 e. The lowest BCUT2D eigenvalue weighted by Gasteiger charge is -2.22. The number of hydrogen-bond donors (Lipinski definition) is 4. The van der Waals surface area contributed by atoms with Gasteiger partial charge in [0.15, 0.2) is 0 Å². The fourth-order valence-corrected chi connectivity index (χ4v) is 5.19. The second kappa shape index (κ2) is 10.5. The van der Waals surface area contributed by atoms with Gasteiger partial charge in [0.25, 0.3) is 0 Å². The Morgan fingerprint density at radius 3 is 2.17 bits per heavy atom. The summed E-state index contributed by atoms with van der Waals surface area (Å²) in [6, 6.07) is 8.67. The molecule has 3 rings (SSSR count). The van der Waals surface area contributed by atoms with Gasteiger partial charge in [-0.1, -0.05) is 38.1 Å². The molecule has 9 nitrogen and oxygen atoms in total. The molecule has 14 heteroatoms.